The van der Waals surface area contributed by atoms with Crippen LogP contribution in [0.3, 0.4) is 0 Å². The standard InChI is InChI=1S/C29H32N4O5S/c1-31-39(36,37)22-9-5-19(6-10-22)17-32-28(35)33-18-29(13-3-4-14-29)25-15-20(7-12-26(25)33)23-11-8-21(30)16-24(23)27(34)38-2/h5-12,15-16,31H,3-4,13-14,17-18,30H2,1-2H3,(H,32,35). The van der Waals surface area contributed by atoms with Gasteiger partial charge in [0.25, 0.3) is 0 Å². The summed E-state index contributed by atoms with van der Waals surface area (Å²) in [4.78, 5) is 27.9. The van der Waals surface area contributed by atoms with E-state index in [1.165, 1.54) is 26.3 Å². The van der Waals surface area contributed by atoms with Crippen molar-refractivity contribution in [2.75, 3.05) is 31.3 Å². The number of hydrogen-bond donors (Lipinski definition) is 3. The third-order valence-electron chi connectivity index (χ3n) is 7.83. The van der Waals surface area contributed by atoms with Gasteiger partial charge in [0.2, 0.25) is 10.0 Å². The highest BCUT2D eigenvalue weighted by molar-refractivity contribution is 7.89. The highest BCUT2D eigenvalue weighted by Gasteiger charge is 2.46. The summed E-state index contributed by atoms with van der Waals surface area (Å²) < 4.78 is 31.2. The normalized spacial score (nSPS) is 15.8. The SMILES string of the molecule is CNS(=O)(=O)c1ccc(CNC(=O)N2CC3(CCCC3)c3cc(-c4ccc(N)cc4C(=O)OC)ccc32)cc1. The van der Waals surface area contributed by atoms with E-state index in [1.807, 2.05) is 18.2 Å². The number of anilines is 2. The molecule has 2 amide bonds. The Kier molecular flexibility index (Phi) is 7.09. The fourth-order valence-electron chi connectivity index (χ4n) is 5.77. The van der Waals surface area contributed by atoms with E-state index < -0.39 is 16.0 Å². The summed E-state index contributed by atoms with van der Waals surface area (Å²) in [6, 6.07) is 17.4. The van der Waals surface area contributed by atoms with E-state index >= 15 is 0 Å². The molecule has 1 saturated carbocycles. The molecule has 5 rings (SSSR count). The first-order valence-corrected chi connectivity index (χ1v) is 14.4. The Hall–Kier alpha value is -3.89. The number of nitrogens with one attached hydrogen (secondary N) is 2. The Balaban J connectivity index is 1.42. The number of fused-ring (bicyclic) bond motifs is 2. The van der Waals surface area contributed by atoms with Crippen molar-refractivity contribution in [1.82, 2.24) is 10.0 Å². The van der Waals surface area contributed by atoms with E-state index in [2.05, 4.69) is 16.1 Å². The number of carbonyl (C=O) groups excluding carboxylic acids is 2. The Bertz CT molecular complexity index is 1530. The van der Waals surface area contributed by atoms with Crippen molar-refractivity contribution >= 4 is 33.4 Å². The molecule has 2 aliphatic rings. The predicted molar refractivity (Wildman–Crippen MR) is 150 cm³/mol. The minimum Gasteiger partial charge on any atom is -0.465 e. The maximum absolute atomic E-state index is 13.4. The molecule has 3 aromatic carbocycles. The number of nitrogens with two attached hydrogens (primary N) is 1. The number of amides is 2. The van der Waals surface area contributed by atoms with E-state index in [0.29, 0.717) is 17.8 Å². The second kappa shape index (κ2) is 10.3. The molecule has 1 aliphatic carbocycles. The van der Waals surface area contributed by atoms with Crippen molar-refractivity contribution in [3.63, 3.8) is 0 Å². The number of ether oxygens (including phenoxy) is 1. The number of esters is 1. The first kappa shape index (κ1) is 26.7. The molecule has 0 aromatic heterocycles. The number of rotatable bonds is 6. The predicted octanol–water partition coefficient (Wildman–Crippen LogP) is 4.17. The van der Waals surface area contributed by atoms with E-state index in [1.54, 1.807) is 29.2 Å². The number of hydrogen-bond acceptors (Lipinski definition) is 6. The highest BCUT2D eigenvalue weighted by atomic mass is 32.2. The molecular formula is C29H32N4O5S. The summed E-state index contributed by atoms with van der Waals surface area (Å²) in [7, 11) is -0.804. The molecule has 0 bridgehead atoms. The van der Waals surface area contributed by atoms with Gasteiger partial charge in [0.05, 0.1) is 17.6 Å². The van der Waals surface area contributed by atoms with E-state index in [9.17, 15) is 18.0 Å². The molecule has 204 valence electrons. The molecular weight excluding hydrogens is 516 g/mol. The Morgan fingerprint density at radius 2 is 1.74 bits per heavy atom. The fraction of sp³-hybridized carbons (Fsp3) is 0.310. The van der Waals surface area contributed by atoms with Crippen molar-refractivity contribution in [2.24, 2.45) is 0 Å². The molecule has 4 N–H and O–H groups in total. The minimum atomic E-state index is -3.52. The molecule has 39 heavy (non-hydrogen) atoms. The highest BCUT2D eigenvalue weighted by Crippen LogP contribution is 2.51. The number of sulfonamides is 1. The molecule has 10 heteroatoms. The molecule has 1 aliphatic heterocycles. The van der Waals surface area contributed by atoms with Gasteiger partial charge >= 0.3 is 12.0 Å². The minimum absolute atomic E-state index is 0.134. The lowest BCUT2D eigenvalue weighted by atomic mass is 9.79. The van der Waals surface area contributed by atoms with Gasteiger partial charge in [-0.05, 0) is 78.5 Å². The molecule has 0 atom stereocenters. The van der Waals surface area contributed by atoms with Gasteiger partial charge in [-0.15, -0.1) is 0 Å². The molecule has 1 heterocycles. The number of methoxy groups -OCH3 is 1. The van der Waals surface area contributed by atoms with Crippen LogP contribution in [0.2, 0.25) is 0 Å². The lowest BCUT2D eigenvalue weighted by Crippen LogP contribution is -2.41. The monoisotopic (exact) mass is 548 g/mol. The summed E-state index contributed by atoms with van der Waals surface area (Å²) >= 11 is 0. The zero-order valence-corrected chi connectivity index (χ0v) is 22.8. The molecule has 9 nitrogen and oxygen atoms in total. The van der Waals surface area contributed by atoms with Gasteiger partial charge in [0.1, 0.15) is 0 Å². The summed E-state index contributed by atoms with van der Waals surface area (Å²) in [6.07, 6.45) is 4.16. The Morgan fingerprint density at radius 1 is 1.03 bits per heavy atom. The van der Waals surface area contributed by atoms with Crippen LogP contribution in [-0.2, 0) is 26.7 Å². The number of nitrogen functional groups attached to an aromatic ring is 1. The molecule has 3 aromatic rings. The quantitative estimate of drug-likeness (QED) is 0.313. The van der Waals surface area contributed by atoms with Gasteiger partial charge in [0.15, 0.2) is 0 Å². The number of benzene rings is 3. The third-order valence-corrected chi connectivity index (χ3v) is 9.26. The van der Waals surface area contributed by atoms with Crippen molar-refractivity contribution in [1.29, 1.82) is 0 Å². The zero-order valence-electron chi connectivity index (χ0n) is 22.0. The van der Waals surface area contributed by atoms with Gasteiger partial charge in [-0.3, -0.25) is 4.90 Å². The fourth-order valence-corrected chi connectivity index (χ4v) is 6.50. The van der Waals surface area contributed by atoms with Crippen LogP contribution in [0.25, 0.3) is 11.1 Å². The van der Waals surface area contributed by atoms with Crippen LogP contribution in [0.5, 0.6) is 0 Å². The number of nitrogens with zero attached hydrogens (tertiary/aromatic N) is 1. The first-order valence-electron chi connectivity index (χ1n) is 12.9. The number of urea groups is 1. The average Bonchev–Trinajstić information content (AvgIpc) is 3.56. The van der Waals surface area contributed by atoms with E-state index in [-0.39, 0.29) is 22.9 Å². The van der Waals surface area contributed by atoms with Crippen LogP contribution in [0.4, 0.5) is 16.2 Å². The Labute approximate surface area is 228 Å². The van der Waals surface area contributed by atoms with Gasteiger partial charge < -0.3 is 15.8 Å². The summed E-state index contributed by atoms with van der Waals surface area (Å²) in [5, 5.41) is 2.99. The Morgan fingerprint density at radius 3 is 2.41 bits per heavy atom. The van der Waals surface area contributed by atoms with Crippen LogP contribution < -0.4 is 20.7 Å². The summed E-state index contributed by atoms with van der Waals surface area (Å²) in [5.41, 5.74) is 11.1. The second-order valence-electron chi connectivity index (χ2n) is 10.1. The van der Waals surface area contributed by atoms with Gasteiger partial charge in [-0.25, -0.2) is 22.7 Å². The zero-order chi connectivity index (χ0) is 27.8. The van der Waals surface area contributed by atoms with Crippen molar-refractivity contribution in [2.45, 2.75) is 42.5 Å². The van der Waals surface area contributed by atoms with Crippen LogP contribution in [0, 0.1) is 0 Å². The van der Waals surface area contributed by atoms with Crippen LogP contribution in [0.15, 0.2) is 65.6 Å². The number of carbonyl (C=O) groups is 2. The van der Waals surface area contributed by atoms with Gasteiger partial charge in [0, 0.05) is 29.9 Å². The largest absolute Gasteiger partial charge is 0.465 e. The maximum atomic E-state index is 13.4. The summed E-state index contributed by atoms with van der Waals surface area (Å²) in [6.45, 7) is 0.853. The second-order valence-corrected chi connectivity index (χ2v) is 12.0. The van der Waals surface area contributed by atoms with E-state index in [4.69, 9.17) is 10.5 Å². The molecule has 0 unspecified atom stereocenters. The lowest BCUT2D eigenvalue weighted by Gasteiger charge is -2.25. The van der Waals surface area contributed by atoms with Crippen molar-refractivity contribution in [3.05, 3.63) is 77.4 Å². The lowest BCUT2D eigenvalue weighted by molar-refractivity contribution is 0.0601. The molecule has 1 fully saturated rings. The first-order chi connectivity index (χ1) is 18.7. The van der Waals surface area contributed by atoms with E-state index in [0.717, 1.165) is 53.6 Å². The molecule has 0 saturated heterocycles. The average molecular weight is 549 g/mol. The van der Waals surface area contributed by atoms with Crippen LogP contribution >= 0.6 is 0 Å². The topological polar surface area (TPSA) is 131 Å². The van der Waals surface area contributed by atoms with Crippen molar-refractivity contribution in [3.8, 4) is 11.1 Å². The van der Waals surface area contributed by atoms with Crippen LogP contribution in [0.1, 0.15) is 47.2 Å². The van der Waals surface area contributed by atoms with Gasteiger partial charge in [-0.1, -0.05) is 37.1 Å². The smallest absolute Gasteiger partial charge is 0.338 e. The maximum Gasteiger partial charge on any atom is 0.338 e. The van der Waals surface area contributed by atoms with Gasteiger partial charge in [-0.2, -0.15) is 0 Å². The van der Waals surface area contributed by atoms with Crippen LogP contribution in [-0.4, -0.2) is 41.1 Å². The van der Waals surface area contributed by atoms with Crippen molar-refractivity contribution < 1.29 is 22.7 Å². The third kappa shape index (κ3) is 4.97. The molecule has 1 spiro atoms. The molecule has 0 radical (unpaired) electrons. The summed E-state index contributed by atoms with van der Waals surface area (Å²) in [5.74, 6) is -0.453.